The number of aromatic nitrogens is 2. The Labute approximate surface area is 326 Å². The van der Waals surface area contributed by atoms with Gasteiger partial charge in [-0.2, -0.15) is 9.46 Å². The number of benzene rings is 4. The maximum Gasteiger partial charge on any atom is 0.410 e. The van der Waals surface area contributed by atoms with Crippen LogP contribution in [0.4, 0.5) is 19.7 Å². The van der Waals surface area contributed by atoms with E-state index in [1.54, 1.807) is 27.8 Å². The molecule has 0 spiro atoms. The number of anilines is 1. The van der Waals surface area contributed by atoms with Gasteiger partial charge in [0.2, 0.25) is 5.88 Å². The topological polar surface area (TPSA) is 127 Å². The third-order valence-corrected chi connectivity index (χ3v) is 12.6. The van der Waals surface area contributed by atoms with Gasteiger partial charge in [0.1, 0.15) is 28.5 Å². The quantitative estimate of drug-likeness (QED) is 0.155. The molecule has 2 heterocycles. The number of ether oxygens (including phenoxy) is 2. The Morgan fingerprint density at radius 2 is 1.41 bits per heavy atom. The molecule has 3 amide bonds. The van der Waals surface area contributed by atoms with Crippen molar-refractivity contribution in [3.05, 3.63) is 142 Å². The van der Waals surface area contributed by atoms with Gasteiger partial charge in [-0.15, -0.1) is 0 Å². The summed E-state index contributed by atoms with van der Waals surface area (Å²) in [6, 6.07) is 27.4. The van der Waals surface area contributed by atoms with E-state index in [0.29, 0.717) is 59.2 Å². The molecule has 5 aromatic rings. The molecule has 1 aliphatic heterocycles. The normalized spacial score (nSPS) is 16.8. The van der Waals surface area contributed by atoms with Gasteiger partial charge in [0.15, 0.2) is 9.92 Å². The van der Waals surface area contributed by atoms with Crippen LogP contribution < -0.4 is 14.8 Å². The molecule has 0 radical (unpaired) electrons. The molecular weight excluding hydrogens is 732 g/mol. The first-order chi connectivity index (χ1) is 26.9. The summed E-state index contributed by atoms with van der Waals surface area (Å²) in [5.41, 5.74) is 3.47. The summed E-state index contributed by atoms with van der Waals surface area (Å²) >= 11 is 0. The zero-order chi connectivity index (χ0) is 39.2. The first-order valence-corrected chi connectivity index (χ1v) is 20.4. The van der Waals surface area contributed by atoms with E-state index < -0.39 is 39.2 Å². The van der Waals surface area contributed by atoms with Crippen LogP contribution in [0.1, 0.15) is 66.1 Å². The molecule has 0 bridgehead atoms. The summed E-state index contributed by atoms with van der Waals surface area (Å²) in [5, 5.41) is 7.58. The smallest absolute Gasteiger partial charge is 0.410 e. The van der Waals surface area contributed by atoms with Crippen molar-refractivity contribution in [3.63, 3.8) is 0 Å². The second-order valence-corrected chi connectivity index (χ2v) is 17.4. The van der Waals surface area contributed by atoms with Crippen LogP contribution in [-0.2, 0) is 52.4 Å². The lowest BCUT2D eigenvalue weighted by Gasteiger charge is -2.34. The summed E-state index contributed by atoms with van der Waals surface area (Å²) in [5.74, 6) is -0.0103. The van der Waals surface area contributed by atoms with Crippen LogP contribution in [0.2, 0.25) is 0 Å². The summed E-state index contributed by atoms with van der Waals surface area (Å²) < 4.78 is 53.1. The average molecular weight is 777 g/mol. The van der Waals surface area contributed by atoms with E-state index in [1.807, 2.05) is 91.0 Å². The number of fused-ring (bicyclic) bond motifs is 3. The maximum absolute atomic E-state index is 16.2. The van der Waals surface area contributed by atoms with E-state index in [1.165, 1.54) is 15.8 Å². The molecule has 8 rings (SSSR count). The lowest BCUT2D eigenvalue weighted by Crippen LogP contribution is -2.48. The number of hydrogen-bond acceptors (Lipinski definition) is 7. The first kappa shape index (κ1) is 37.2. The molecule has 2 atom stereocenters. The zero-order valence-electron chi connectivity index (χ0n) is 31.9. The third kappa shape index (κ3) is 6.67. The van der Waals surface area contributed by atoms with Crippen molar-refractivity contribution < 1.29 is 27.7 Å². The van der Waals surface area contributed by atoms with E-state index in [9.17, 15) is 9.59 Å². The fraction of sp³-hybridized carbons (Fsp3) is 0.326. The zero-order valence-corrected chi connectivity index (χ0v) is 32.7. The molecule has 0 saturated heterocycles. The average Bonchev–Trinajstić information content (AvgIpc) is 3.84. The number of nitrogens with zero attached hydrogens (tertiary/aromatic N) is 4. The number of halogens is 1. The van der Waals surface area contributed by atoms with Crippen LogP contribution in [0.25, 0.3) is 0 Å². The largest absolute Gasteiger partial charge is 0.475 e. The molecule has 0 unspecified atom stereocenters. The van der Waals surface area contributed by atoms with Gasteiger partial charge in [-0.25, -0.2) is 27.6 Å². The van der Waals surface area contributed by atoms with E-state index >= 15 is 8.60 Å². The van der Waals surface area contributed by atoms with Crippen LogP contribution >= 0.6 is 0 Å². The molecule has 56 heavy (non-hydrogen) atoms. The van der Waals surface area contributed by atoms with Gasteiger partial charge in [0, 0.05) is 12.7 Å². The Bertz CT molecular complexity index is 2330. The van der Waals surface area contributed by atoms with Gasteiger partial charge >= 0.3 is 12.1 Å². The molecule has 4 aromatic carbocycles. The van der Waals surface area contributed by atoms with Crippen molar-refractivity contribution in [2.24, 2.45) is 4.36 Å². The summed E-state index contributed by atoms with van der Waals surface area (Å²) in [6.45, 7) is 5.65. The van der Waals surface area contributed by atoms with Crippen LogP contribution in [-0.4, -0.2) is 56.3 Å². The number of carbonyl (C=O) groups is 2. The number of amides is 3. The van der Waals surface area contributed by atoms with E-state index in [4.69, 9.17) is 13.8 Å². The fourth-order valence-corrected chi connectivity index (χ4v) is 9.77. The van der Waals surface area contributed by atoms with Crippen molar-refractivity contribution in [1.29, 1.82) is 0 Å². The van der Waals surface area contributed by atoms with E-state index in [-0.39, 0.29) is 29.7 Å². The number of urea groups is 1. The lowest BCUT2D eigenvalue weighted by molar-refractivity contribution is 0.0101. The molecular formula is C43H45FN6O5S. The van der Waals surface area contributed by atoms with Crippen LogP contribution in [0, 0.1) is 5.82 Å². The van der Waals surface area contributed by atoms with Gasteiger partial charge in [0.25, 0.3) is 0 Å². The highest BCUT2D eigenvalue weighted by Gasteiger charge is 2.42. The number of nitrogens with one attached hydrogen (secondary N) is 2. The second-order valence-electron chi connectivity index (χ2n) is 15.5. The molecule has 290 valence electrons. The van der Waals surface area contributed by atoms with Crippen molar-refractivity contribution >= 4 is 27.7 Å². The maximum atomic E-state index is 16.2. The Morgan fingerprint density at radius 1 is 0.875 bits per heavy atom. The van der Waals surface area contributed by atoms with Crippen molar-refractivity contribution in [2.75, 3.05) is 19.0 Å². The first-order valence-electron chi connectivity index (χ1n) is 18.9. The van der Waals surface area contributed by atoms with Crippen LogP contribution in [0.5, 0.6) is 5.88 Å². The minimum absolute atomic E-state index is 0.0468. The highest BCUT2D eigenvalue weighted by molar-refractivity contribution is 7.92. The van der Waals surface area contributed by atoms with Crippen molar-refractivity contribution in [1.82, 2.24) is 19.4 Å². The molecule has 2 aliphatic carbocycles. The van der Waals surface area contributed by atoms with Gasteiger partial charge in [0.05, 0.1) is 18.8 Å². The number of rotatable bonds is 8. The summed E-state index contributed by atoms with van der Waals surface area (Å²) in [6.07, 6.45) is 4.17. The standard InChI is InChI=1S/C43H45FN6O5S/c1-42(2,3)55-41(52)49(4)31-26-50-39(54-27-31)36(25-45-50)56(53,47-40(51)46-38-34-22-14-21-32(34)37(44)33-23-24-35(33)38)48-43(28-15-8-5-9-16-28,29-17-10-6-11-18-29)30-19-12-7-13-20-30/h5-13,15-20,25,31H,14,21-24,26-27H2,1-4H3,(H2,46,47,48,51,53)/t31-,56+/m0/s1. The minimum atomic E-state index is -4.02. The fourth-order valence-electron chi connectivity index (χ4n) is 7.92. The minimum Gasteiger partial charge on any atom is -0.475 e. The molecule has 0 saturated carbocycles. The van der Waals surface area contributed by atoms with Crippen molar-refractivity contribution in [2.45, 2.75) is 81.5 Å². The molecule has 13 heteroatoms. The monoisotopic (exact) mass is 776 g/mol. The molecule has 3 aliphatic rings. The highest BCUT2D eigenvalue weighted by Crippen LogP contribution is 2.45. The number of likely N-dealkylation sites (N-methyl/N-ethyl adjacent to an activating group) is 1. The molecule has 11 nitrogen and oxygen atoms in total. The van der Waals surface area contributed by atoms with Gasteiger partial charge in [-0.05, 0) is 91.8 Å². The van der Waals surface area contributed by atoms with Gasteiger partial charge < -0.3 is 19.7 Å². The Morgan fingerprint density at radius 3 is 1.96 bits per heavy atom. The second kappa shape index (κ2) is 14.4. The molecule has 0 fully saturated rings. The number of carbonyl (C=O) groups excluding carboxylic acids is 2. The SMILES string of the molecule is CN(C(=O)OC(C)(C)C)[C@@H]1COc2c([S@](=O)(=NC(c3ccccc3)(c3ccccc3)c3ccccc3)NC(=O)Nc3c4c(c(F)c5c3CC5)CCC4)cnn2C1. The van der Waals surface area contributed by atoms with Crippen molar-refractivity contribution in [3.8, 4) is 5.88 Å². The Hall–Kier alpha value is -5.69. The van der Waals surface area contributed by atoms with E-state index in [0.717, 1.165) is 17.5 Å². The lowest BCUT2D eigenvalue weighted by atomic mass is 9.78. The van der Waals surface area contributed by atoms with Gasteiger partial charge in [-0.1, -0.05) is 91.0 Å². The Balaban J connectivity index is 1.28. The third-order valence-electron chi connectivity index (χ3n) is 10.7. The summed E-state index contributed by atoms with van der Waals surface area (Å²) in [4.78, 5) is 28.9. The molecule has 1 aromatic heterocycles. The summed E-state index contributed by atoms with van der Waals surface area (Å²) in [7, 11) is -2.38. The van der Waals surface area contributed by atoms with Crippen LogP contribution in [0.15, 0.2) is 106 Å². The van der Waals surface area contributed by atoms with Gasteiger partial charge in [-0.3, -0.25) is 0 Å². The molecule has 2 N–H and O–H groups in total. The number of hydrogen-bond donors (Lipinski definition) is 2. The van der Waals surface area contributed by atoms with E-state index in [2.05, 4.69) is 15.1 Å². The predicted molar refractivity (Wildman–Crippen MR) is 212 cm³/mol. The van der Waals surface area contributed by atoms with Crippen LogP contribution in [0.3, 0.4) is 0 Å². The predicted octanol–water partition coefficient (Wildman–Crippen LogP) is 7.79. The highest BCUT2D eigenvalue weighted by atomic mass is 32.2. The Kier molecular flexibility index (Phi) is 9.60.